The zero-order chi connectivity index (χ0) is 8.48. The Balaban J connectivity index is 2.89. The number of aromatic nitrogens is 1. The molecule has 1 heterocycles. The molecular formula is C8H12ClNS. The van der Waals surface area contributed by atoms with Crippen molar-refractivity contribution in [2.24, 2.45) is 0 Å². The van der Waals surface area contributed by atoms with Crippen LogP contribution < -0.4 is 0 Å². The van der Waals surface area contributed by atoms with E-state index < -0.39 is 0 Å². The van der Waals surface area contributed by atoms with Gasteiger partial charge in [0.1, 0.15) is 0 Å². The van der Waals surface area contributed by atoms with Crippen LogP contribution in [0.15, 0.2) is 6.07 Å². The quantitative estimate of drug-likeness (QED) is 0.619. The predicted octanol–water partition coefficient (Wildman–Crippen LogP) is 3.18. The van der Waals surface area contributed by atoms with Gasteiger partial charge in [0.05, 0.1) is 11.6 Å². The fourth-order valence-corrected chi connectivity index (χ4v) is 1.71. The summed E-state index contributed by atoms with van der Waals surface area (Å²) in [7, 11) is 0. The van der Waals surface area contributed by atoms with E-state index in [1.54, 1.807) is 0 Å². The van der Waals surface area contributed by atoms with Crippen LogP contribution in [0, 0.1) is 0 Å². The van der Waals surface area contributed by atoms with Crippen LogP contribution in [0.1, 0.15) is 31.3 Å². The molecule has 0 aliphatic heterocycles. The zero-order valence-corrected chi connectivity index (χ0v) is 8.59. The van der Waals surface area contributed by atoms with Gasteiger partial charge in [-0.05, 0) is 17.6 Å². The lowest BCUT2D eigenvalue weighted by Gasteiger charge is -2.13. The van der Waals surface area contributed by atoms with Gasteiger partial charge in [-0.25, -0.2) is 0 Å². The lowest BCUT2D eigenvalue weighted by atomic mass is 9.92. The van der Waals surface area contributed by atoms with Gasteiger partial charge in [0.2, 0.25) is 0 Å². The molecule has 3 heteroatoms. The molecule has 1 aromatic heterocycles. The highest BCUT2D eigenvalue weighted by Crippen LogP contribution is 2.24. The Bertz CT molecular complexity index is 236. The second-order valence-corrected chi connectivity index (χ2v) is 4.72. The van der Waals surface area contributed by atoms with E-state index in [1.807, 2.05) is 0 Å². The predicted molar refractivity (Wildman–Crippen MR) is 50.4 cm³/mol. The molecule has 0 N–H and O–H groups in total. The maximum Gasteiger partial charge on any atom is 0.0598 e. The third-order valence-corrected chi connectivity index (χ3v) is 2.69. The molecule has 1 nitrogen and oxygen atoms in total. The maximum absolute atomic E-state index is 5.66. The first-order valence-corrected chi connectivity index (χ1v) is 4.87. The van der Waals surface area contributed by atoms with Gasteiger partial charge in [-0.1, -0.05) is 20.8 Å². The smallest absolute Gasteiger partial charge is 0.0598 e. The highest BCUT2D eigenvalue weighted by molar-refractivity contribution is 7.06. The van der Waals surface area contributed by atoms with E-state index in [1.165, 1.54) is 11.5 Å². The number of rotatable bonds is 1. The minimum Gasteiger partial charge on any atom is -0.197 e. The summed E-state index contributed by atoms with van der Waals surface area (Å²) in [6, 6.07) is 2.08. The highest BCUT2D eigenvalue weighted by atomic mass is 35.5. The summed E-state index contributed by atoms with van der Waals surface area (Å²) in [6.07, 6.45) is 0. The van der Waals surface area contributed by atoms with Crippen molar-refractivity contribution in [2.75, 3.05) is 0 Å². The monoisotopic (exact) mass is 189 g/mol. The average Bonchev–Trinajstić information content (AvgIpc) is 2.32. The Morgan fingerprint density at radius 2 is 2.18 bits per heavy atom. The van der Waals surface area contributed by atoms with Crippen molar-refractivity contribution in [1.82, 2.24) is 4.37 Å². The van der Waals surface area contributed by atoms with Gasteiger partial charge in [0, 0.05) is 10.3 Å². The fraction of sp³-hybridized carbons (Fsp3) is 0.625. The second kappa shape index (κ2) is 3.11. The summed E-state index contributed by atoms with van der Waals surface area (Å²) in [4.78, 5) is 1.15. The maximum atomic E-state index is 5.66. The molecule has 0 saturated carbocycles. The largest absolute Gasteiger partial charge is 0.197 e. The summed E-state index contributed by atoms with van der Waals surface area (Å²) in [6.45, 7) is 6.46. The van der Waals surface area contributed by atoms with Crippen molar-refractivity contribution >= 4 is 23.1 Å². The van der Waals surface area contributed by atoms with Crippen LogP contribution in [0.25, 0.3) is 0 Å². The van der Waals surface area contributed by atoms with Crippen LogP contribution in [0.4, 0.5) is 0 Å². The lowest BCUT2D eigenvalue weighted by molar-refractivity contribution is 0.575. The van der Waals surface area contributed by atoms with Crippen LogP contribution in [0.3, 0.4) is 0 Å². The van der Waals surface area contributed by atoms with E-state index in [-0.39, 0.29) is 5.41 Å². The Kier molecular flexibility index (Phi) is 2.55. The molecule has 0 aliphatic rings. The molecule has 0 saturated heterocycles. The number of hydrogen-bond acceptors (Lipinski definition) is 2. The van der Waals surface area contributed by atoms with Crippen molar-refractivity contribution in [3.8, 4) is 0 Å². The van der Waals surface area contributed by atoms with E-state index >= 15 is 0 Å². The van der Waals surface area contributed by atoms with Gasteiger partial charge in [0.15, 0.2) is 0 Å². The second-order valence-electron chi connectivity index (χ2n) is 3.56. The number of halogens is 1. The van der Waals surface area contributed by atoms with Crippen molar-refractivity contribution in [3.63, 3.8) is 0 Å². The average molecular weight is 190 g/mol. The fourth-order valence-electron chi connectivity index (χ4n) is 0.729. The minimum atomic E-state index is 0.154. The Morgan fingerprint density at radius 1 is 1.55 bits per heavy atom. The zero-order valence-electron chi connectivity index (χ0n) is 7.02. The SMILES string of the molecule is CC(C)(C)c1cc(CCl)sn1. The van der Waals surface area contributed by atoms with E-state index in [2.05, 4.69) is 31.2 Å². The van der Waals surface area contributed by atoms with E-state index in [4.69, 9.17) is 11.6 Å². The van der Waals surface area contributed by atoms with Crippen LogP contribution in [-0.2, 0) is 11.3 Å². The summed E-state index contributed by atoms with van der Waals surface area (Å²) >= 11 is 7.16. The first kappa shape index (κ1) is 9.01. The molecule has 11 heavy (non-hydrogen) atoms. The molecule has 1 aromatic rings. The number of alkyl halides is 1. The minimum absolute atomic E-state index is 0.154. The molecule has 0 fully saturated rings. The molecule has 0 unspecified atom stereocenters. The van der Waals surface area contributed by atoms with E-state index in [0.717, 1.165) is 10.6 Å². The van der Waals surface area contributed by atoms with Gasteiger partial charge >= 0.3 is 0 Å². The molecule has 0 amide bonds. The third-order valence-electron chi connectivity index (χ3n) is 1.46. The van der Waals surface area contributed by atoms with E-state index in [9.17, 15) is 0 Å². The molecule has 1 rings (SSSR count). The first-order chi connectivity index (χ1) is 5.04. The summed E-state index contributed by atoms with van der Waals surface area (Å²) in [5.41, 5.74) is 1.29. The van der Waals surface area contributed by atoms with Gasteiger partial charge < -0.3 is 0 Å². The molecule has 0 bridgehead atoms. The standard InChI is InChI=1S/C8H12ClNS/c1-8(2,3)7-4-6(5-9)11-10-7/h4H,5H2,1-3H3. The Morgan fingerprint density at radius 3 is 2.45 bits per heavy atom. The molecular weight excluding hydrogens is 178 g/mol. The summed E-state index contributed by atoms with van der Waals surface area (Å²) in [5, 5.41) is 0. The lowest BCUT2D eigenvalue weighted by Crippen LogP contribution is -2.10. The van der Waals surface area contributed by atoms with Crippen molar-refractivity contribution in [2.45, 2.75) is 32.1 Å². The molecule has 0 aliphatic carbocycles. The number of hydrogen-bond donors (Lipinski definition) is 0. The highest BCUT2D eigenvalue weighted by Gasteiger charge is 2.16. The molecule has 0 radical (unpaired) electrons. The van der Waals surface area contributed by atoms with Gasteiger partial charge in [0.25, 0.3) is 0 Å². The van der Waals surface area contributed by atoms with Crippen molar-refractivity contribution < 1.29 is 0 Å². The molecule has 0 atom stereocenters. The molecule has 0 spiro atoms. The van der Waals surface area contributed by atoms with Crippen LogP contribution in [0.5, 0.6) is 0 Å². The summed E-state index contributed by atoms with van der Waals surface area (Å²) in [5.74, 6) is 0.577. The molecule has 62 valence electrons. The van der Waals surface area contributed by atoms with Gasteiger partial charge in [-0.3, -0.25) is 0 Å². The van der Waals surface area contributed by atoms with Crippen LogP contribution in [-0.4, -0.2) is 4.37 Å². The van der Waals surface area contributed by atoms with Crippen LogP contribution >= 0.6 is 23.1 Å². The van der Waals surface area contributed by atoms with Gasteiger partial charge in [-0.15, -0.1) is 11.6 Å². The Labute approximate surface area is 76.6 Å². The summed E-state index contributed by atoms with van der Waals surface area (Å²) < 4.78 is 4.32. The Hall–Kier alpha value is -0.0800. The van der Waals surface area contributed by atoms with Crippen molar-refractivity contribution in [1.29, 1.82) is 0 Å². The normalized spacial score (nSPS) is 12.0. The topological polar surface area (TPSA) is 12.9 Å². The van der Waals surface area contributed by atoms with Crippen molar-refractivity contribution in [3.05, 3.63) is 16.6 Å². The first-order valence-electron chi connectivity index (χ1n) is 3.56. The number of nitrogens with zero attached hydrogens (tertiary/aromatic N) is 1. The van der Waals surface area contributed by atoms with Gasteiger partial charge in [-0.2, -0.15) is 4.37 Å². The third kappa shape index (κ3) is 2.17. The van der Waals surface area contributed by atoms with Crippen LogP contribution in [0.2, 0.25) is 0 Å². The van der Waals surface area contributed by atoms with E-state index in [0.29, 0.717) is 5.88 Å². The molecule has 0 aromatic carbocycles.